The highest BCUT2D eigenvalue weighted by molar-refractivity contribution is 7.18. The first kappa shape index (κ1) is 7.87. The van der Waals surface area contributed by atoms with E-state index in [1.807, 2.05) is 6.92 Å². The van der Waals surface area contributed by atoms with Crippen LogP contribution in [0.1, 0.15) is 21.8 Å². The number of hydrogen-bond acceptors (Lipinski definition) is 2. The van der Waals surface area contributed by atoms with Gasteiger partial charge in [0, 0.05) is 10.3 Å². The number of furan rings is 1. The Kier molecular flexibility index (Phi) is 1.55. The molecule has 2 aromatic heterocycles. The second-order valence-electron chi connectivity index (χ2n) is 3.23. The van der Waals surface area contributed by atoms with Gasteiger partial charge < -0.3 is 4.42 Å². The molecular weight excluding hydrogens is 168 g/mol. The van der Waals surface area contributed by atoms with Crippen molar-refractivity contribution in [2.24, 2.45) is 0 Å². The summed E-state index contributed by atoms with van der Waals surface area (Å²) in [5.74, 6) is 1.05. The summed E-state index contributed by atoms with van der Waals surface area (Å²) in [6.45, 7) is 8.46. The molecule has 0 atom stereocenters. The van der Waals surface area contributed by atoms with Crippen LogP contribution < -0.4 is 0 Å². The molecule has 2 aromatic rings. The summed E-state index contributed by atoms with van der Waals surface area (Å²) in [6.07, 6.45) is 0. The van der Waals surface area contributed by atoms with E-state index in [1.165, 1.54) is 21.4 Å². The fraction of sp³-hybridized carbons (Fsp3) is 0.400. The van der Waals surface area contributed by atoms with Gasteiger partial charge in [-0.3, -0.25) is 0 Å². The zero-order valence-corrected chi connectivity index (χ0v) is 8.63. The van der Waals surface area contributed by atoms with E-state index in [0.29, 0.717) is 0 Å². The largest absolute Gasteiger partial charge is 0.450 e. The van der Waals surface area contributed by atoms with Gasteiger partial charge in [-0.25, -0.2) is 0 Å². The van der Waals surface area contributed by atoms with Crippen molar-refractivity contribution in [3.05, 3.63) is 21.8 Å². The number of fused-ring (bicyclic) bond motifs is 1. The summed E-state index contributed by atoms with van der Waals surface area (Å²) >= 11 is 1.75. The van der Waals surface area contributed by atoms with Crippen LogP contribution in [0.2, 0.25) is 0 Å². The second-order valence-corrected chi connectivity index (χ2v) is 4.42. The highest BCUT2D eigenvalue weighted by atomic mass is 32.1. The van der Waals surface area contributed by atoms with Gasteiger partial charge in [0.1, 0.15) is 5.76 Å². The van der Waals surface area contributed by atoms with E-state index < -0.39 is 0 Å². The molecule has 0 radical (unpaired) electrons. The molecule has 64 valence electrons. The van der Waals surface area contributed by atoms with Crippen molar-refractivity contribution in [3.63, 3.8) is 0 Å². The van der Waals surface area contributed by atoms with E-state index in [1.54, 1.807) is 11.3 Å². The smallest absolute Gasteiger partial charge is 0.188 e. The highest BCUT2D eigenvalue weighted by Crippen LogP contribution is 2.35. The van der Waals surface area contributed by atoms with Crippen LogP contribution in [0.25, 0.3) is 10.3 Å². The molecule has 0 aliphatic heterocycles. The van der Waals surface area contributed by atoms with Crippen LogP contribution in [0.5, 0.6) is 0 Å². The first-order valence-corrected chi connectivity index (χ1v) is 4.88. The van der Waals surface area contributed by atoms with Crippen molar-refractivity contribution in [2.75, 3.05) is 0 Å². The molecule has 0 spiro atoms. The number of aryl methyl sites for hydroxylation is 4. The van der Waals surface area contributed by atoms with Gasteiger partial charge in [-0.05, 0) is 38.8 Å². The molecule has 0 N–H and O–H groups in total. The zero-order valence-electron chi connectivity index (χ0n) is 7.82. The van der Waals surface area contributed by atoms with Crippen LogP contribution in [0, 0.1) is 27.7 Å². The molecule has 2 heterocycles. The van der Waals surface area contributed by atoms with Crippen molar-refractivity contribution in [3.8, 4) is 0 Å². The monoisotopic (exact) mass is 180 g/mol. The maximum atomic E-state index is 5.62. The highest BCUT2D eigenvalue weighted by Gasteiger charge is 2.13. The van der Waals surface area contributed by atoms with E-state index in [-0.39, 0.29) is 0 Å². The molecule has 0 aliphatic rings. The third kappa shape index (κ3) is 0.845. The quantitative estimate of drug-likeness (QED) is 0.602. The Hall–Kier alpha value is -0.760. The maximum absolute atomic E-state index is 5.62. The normalized spacial score (nSPS) is 11.3. The summed E-state index contributed by atoms with van der Waals surface area (Å²) in [6, 6.07) is 0. The van der Waals surface area contributed by atoms with Gasteiger partial charge in [0.25, 0.3) is 0 Å². The Morgan fingerprint density at radius 3 is 2.25 bits per heavy atom. The molecule has 1 nitrogen and oxygen atoms in total. The van der Waals surface area contributed by atoms with Gasteiger partial charge >= 0.3 is 0 Å². The first-order valence-electron chi connectivity index (χ1n) is 4.07. The zero-order chi connectivity index (χ0) is 8.88. The molecule has 0 amide bonds. The van der Waals surface area contributed by atoms with Crippen molar-refractivity contribution in [2.45, 2.75) is 27.7 Å². The predicted octanol–water partition coefficient (Wildman–Crippen LogP) is 3.73. The lowest BCUT2D eigenvalue weighted by Gasteiger charge is -1.90. The summed E-state index contributed by atoms with van der Waals surface area (Å²) < 4.78 is 5.62. The average Bonchev–Trinajstić information content (AvgIpc) is 2.40. The lowest BCUT2D eigenvalue weighted by molar-refractivity contribution is 0.582. The number of thiophene rings is 1. The summed E-state index contributed by atoms with van der Waals surface area (Å²) in [7, 11) is 0. The predicted molar refractivity (Wildman–Crippen MR) is 53.0 cm³/mol. The molecule has 0 saturated heterocycles. The first-order chi connectivity index (χ1) is 5.61. The molecule has 0 bridgehead atoms. The summed E-state index contributed by atoms with van der Waals surface area (Å²) in [5, 5.41) is 1.33. The van der Waals surface area contributed by atoms with Crippen molar-refractivity contribution >= 4 is 21.6 Å². The van der Waals surface area contributed by atoms with Crippen LogP contribution >= 0.6 is 11.3 Å². The Morgan fingerprint density at radius 2 is 1.67 bits per heavy atom. The van der Waals surface area contributed by atoms with Crippen LogP contribution in [-0.4, -0.2) is 0 Å². The minimum atomic E-state index is 1.05. The van der Waals surface area contributed by atoms with E-state index in [9.17, 15) is 0 Å². The van der Waals surface area contributed by atoms with Gasteiger partial charge in [0.2, 0.25) is 0 Å². The summed E-state index contributed by atoms with van der Waals surface area (Å²) in [4.78, 5) is 2.45. The molecule has 0 fully saturated rings. The van der Waals surface area contributed by atoms with Crippen LogP contribution in [0.4, 0.5) is 0 Å². The lowest BCUT2D eigenvalue weighted by atomic mass is 10.1. The van der Waals surface area contributed by atoms with Crippen LogP contribution in [0.3, 0.4) is 0 Å². The number of hydrogen-bond donors (Lipinski definition) is 0. The third-order valence-electron chi connectivity index (χ3n) is 2.50. The molecule has 0 saturated carbocycles. The summed E-state index contributed by atoms with van der Waals surface area (Å²) in [5.41, 5.74) is 2.68. The van der Waals surface area contributed by atoms with Crippen LogP contribution in [0.15, 0.2) is 4.42 Å². The molecule has 2 heteroatoms. The molecular formula is C10H12OS. The Bertz CT molecular complexity index is 397. The molecule has 2 rings (SSSR count). The number of rotatable bonds is 0. The standard InChI is InChI=1S/C10H12OS/c1-5-7(3)11-10-9(5)6(2)8(4)12-10/h1-4H3. The maximum Gasteiger partial charge on any atom is 0.188 e. The molecule has 0 unspecified atom stereocenters. The van der Waals surface area contributed by atoms with Crippen molar-refractivity contribution in [1.29, 1.82) is 0 Å². The van der Waals surface area contributed by atoms with E-state index in [2.05, 4.69) is 20.8 Å². The fourth-order valence-corrected chi connectivity index (χ4v) is 2.60. The Labute approximate surface area is 76.0 Å². The minimum Gasteiger partial charge on any atom is -0.450 e. The Balaban J connectivity index is 2.94. The fourth-order valence-electron chi connectivity index (χ4n) is 1.49. The van der Waals surface area contributed by atoms with Crippen LogP contribution in [-0.2, 0) is 0 Å². The molecule has 0 aromatic carbocycles. The average molecular weight is 180 g/mol. The van der Waals surface area contributed by atoms with E-state index in [0.717, 1.165) is 10.7 Å². The lowest BCUT2D eigenvalue weighted by Crippen LogP contribution is -1.74. The van der Waals surface area contributed by atoms with Gasteiger partial charge in [-0.2, -0.15) is 0 Å². The van der Waals surface area contributed by atoms with Crippen molar-refractivity contribution < 1.29 is 4.42 Å². The third-order valence-corrected chi connectivity index (χ3v) is 3.59. The second kappa shape index (κ2) is 2.36. The van der Waals surface area contributed by atoms with Gasteiger partial charge in [-0.15, -0.1) is 11.3 Å². The Morgan fingerprint density at radius 1 is 1.00 bits per heavy atom. The van der Waals surface area contributed by atoms with E-state index in [4.69, 9.17) is 4.42 Å². The molecule has 0 aliphatic carbocycles. The topological polar surface area (TPSA) is 13.1 Å². The SMILES string of the molecule is Cc1oc2sc(C)c(C)c2c1C. The minimum absolute atomic E-state index is 1.05. The molecule has 12 heavy (non-hydrogen) atoms. The van der Waals surface area contributed by atoms with Crippen molar-refractivity contribution in [1.82, 2.24) is 0 Å². The van der Waals surface area contributed by atoms with Gasteiger partial charge in [-0.1, -0.05) is 0 Å². The van der Waals surface area contributed by atoms with Gasteiger partial charge in [0.05, 0.1) is 0 Å². The van der Waals surface area contributed by atoms with E-state index >= 15 is 0 Å². The van der Waals surface area contributed by atoms with Gasteiger partial charge in [0.15, 0.2) is 4.90 Å².